The van der Waals surface area contributed by atoms with Crippen LogP contribution in [0.4, 0.5) is 19.4 Å². The summed E-state index contributed by atoms with van der Waals surface area (Å²) >= 11 is 0. The van der Waals surface area contributed by atoms with E-state index in [9.17, 15) is 13.6 Å². The van der Waals surface area contributed by atoms with Crippen molar-refractivity contribution in [3.05, 3.63) is 11.8 Å². The van der Waals surface area contributed by atoms with Crippen LogP contribution in [0.3, 0.4) is 0 Å². The maximum Gasteiger partial charge on any atom is 0.413 e. The molecule has 0 bridgehead atoms. The van der Waals surface area contributed by atoms with Gasteiger partial charge >= 0.3 is 6.09 Å². The highest BCUT2D eigenvalue weighted by Gasteiger charge is 2.20. The van der Waals surface area contributed by atoms with Crippen molar-refractivity contribution in [1.82, 2.24) is 15.1 Å². The number of anilines is 1. The number of amides is 1. The van der Waals surface area contributed by atoms with Crippen molar-refractivity contribution in [2.24, 2.45) is 7.05 Å². The maximum absolute atomic E-state index is 12.5. The molecule has 0 radical (unpaired) electrons. The Balaban J connectivity index is 2.70. The Morgan fingerprint density at radius 2 is 2.10 bits per heavy atom. The number of carbonyl (C=O) groups excluding carboxylic acids is 1. The molecule has 0 aromatic carbocycles. The average Bonchev–Trinajstić information content (AvgIpc) is 2.65. The van der Waals surface area contributed by atoms with Crippen LogP contribution in [0.1, 0.15) is 33.3 Å². The predicted molar refractivity (Wildman–Crippen MR) is 75.4 cm³/mol. The number of hydrogen-bond acceptors (Lipinski definition) is 4. The van der Waals surface area contributed by atoms with Gasteiger partial charge in [-0.15, -0.1) is 0 Å². The molecule has 1 unspecified atom stereocenters. The molecule has 8 heteroatoms. The van der Waals surface area contributed by atoms with Crippen molar-refractivity contribution in [1.29, 1.82) is 0 Å². The van der Waals surface area contributed by atoms with Gasteiger partial charge in [-0.25, -0.2) is 13.6 Å². The zero-order valence-electron chi connectivity index (χ0n) is 12.9. The molecule has 1 aromatic rings. The monoisotopic (exact) mass is 304 g/mol. The summed E-state index contributed by atoms with van der Waals surface area (Å²) in [6, 6.07) is -0.945. The third-order valence-electron chi connectivity index (χ3n) is 2.63. The van der Waals surface area contributed by atoms with Crippen molar-refractivity contribution in [3.8, 4) is 0 Å². The quantitative estimate of drug-likeness (QED) is 0.877. The summed E-state index contributed by atoms with van der Waals surface area (Å²) in [6.07, 6.45) is -1.56. The molecule has 1 heterocycles. The minimum atomic E-state index is -2.45. The van der Waals surface area contributed by atoms with E-state index < -0.39 is 24.2 Å². The number of halogens is 2. The van der Waals surface area contributed by atoms with Crippen molar-refractivity contribution < 1.29 is 18.3 Å². The lowest BCUT2D eigenvalue weighted by Gasteiger charge is -2.20. The zero-order valence-corrected chi connectivity index (χ0v) is 12.9. The molecule has 0 aliphatic rings. The maximum atomic E-state index is 12.5. The molecule has 0 aliphatic heterocycles. The molecular formula is C13H22F2N4O2. The summed E-state index contributed by atoms with van der Waals surface area (Å²) in [7, 11) is 1.65. The summed E-state index contributed by atoms with van der Waals surface area (Å²) in [5.41, 5.74) is -0.0125. The minimum Gasteiger partial charge on any atom is -0.444 e. The highest BCUT2D eigenvalue weighted by molar-refractivity contribution is 5.84. The summed E-state index contributed by atoms with van der Waals surface area (Å²) in [5.74, 6) is 0.415. The first-order valence-corrected chi connectivity index (χ1v) is 6.62. The van der Waals surface area contributed by atoms with Crippen LogP contribution in [0.25, 0.3) is 0 Å². The molecule has 0 saturated heterocycles. The van der Waals surface area contributed by atoms with Crippen LogP contribution < -0.4 is 10.6 Å². The van der Waals surface area contributed by atoms with Crippen molar-refractivity contribution in [2.75, 3.05) is 5.32 Å². The molecule has 1 aromatic heterocycles. The lowest BCUT2D eigenvalue weighted by molar-refractivity contribution is 0.0634. The molecule has 2 N–H and O–H groups in total. The van der Waals surface area contributed by atoms with Crippen LogP contribution in [0.2, 0.25) is 0 Å². The molecule has 21 heavy (non-hydrogen) atoms. The smallest absolute Gasteiger partial charge is 0.413 e. The number of nitrogens with zero attached hydrogens (tertiary/aromatic N) is 2. The van der Waals surface area contributed by atoms with E-state index in [-0.39, 0.29) is 6.54 Å². The normalized spacial score (nSPS) is 13.3. The van der Waals surface area contributed by atoms with Crippen molar-refractivity contribution >= 4 is 11.9 Å². The van der Waals surface area contributed by atoms with Gasteiger partial charge in [-0.1, -0.05) is 0 Å². The number of aryl methyl sites for hydroxylation is 1. The number of alkyl halides is 2. The number of aromatic nitrogens is 2. The van der Waals surface area contributed by atoms with E-state index >= 15 is 0 Å². The highest BCUT2D eigenvalue weighted by Crippen LogP contribution is 2.16. The van der Waals surface area contributed by atoms with Gasteiger partial charge in [-0.2, -0.15) is 5.10 Å². The van der Waals surface area contributed by atoms with E-state index in [0.29, 0.717) is 11.4 Å². The SMILES string of the molecule is CC(NCc1cnn(C)c1NC(=O)OC(C)(C)C)C(F)F. The molecule has 0 fully saturated rings. The largest absolute Gasteiger partial charge is 0.444 e. The van der Waals surface area contributed by atoms with E-state index in [4.69, 9.17) is 4.74 Å². The molecule has 1 atom stereocenters. The zero-order chi connectivity index (χ0) is 16.2. The van der Waals surface area contributed by atoms with E-state index in [1.54, 1.807) is 27.8 Å². The van der Waals surface area contributed by atoms with Crippen LogP contribution in [0.5, 0.6) is 0 Å². The average molecular weight is 304 g/mol. The molecule has 1 rings (SSSR count). The molecule has 120 valence electrons. The Morgan fingerprint density at radius 1 is 1.48 bits per heavy atom. The Hall–Kier alpha value is -1.70. The summed E-state index contributed by atoms with van der Waals surface area (Å²) < 4.78 is 31.5. The van der Waals surface area contributed by atoms with Gasteiger partial charge in [-0.05, 0) is 27.7 Å². The number of hydrogen-bond donors (Lipinski definition) is 2. The fourth-order valence-corrected chi connectivity index (χ4v) is 1.53. The lowest BCUT2D eigenvalue weighted by atomic mass is 10.2. The third-order valence-corrected chi connectivity index (χ3v) is 2.63. The second-order valence-corrected chi connectivity index (χ2v) is 5.77. The molecular weight excluding hydrogens is 282 g/mol. The van der Waals surface area contributed by atoms with Gasteiger partial charge in [0.1, 0.15) is 11.4 Å². The van der Waals surface area contributed by atoms with Crippen LogP contribution in [-0.2, 0) is 18.3 Å². The Bertz CT molecular complexity index is 483. The number of carbonyl (C=O) groups is 1. The molecule has 0 aliphatic carbocycles. The van der Waals surface area contributed by atoms with Crippen molar-refractivity contribution in [3.63, 3.8) is 0 Å². The third kappa shape index (κ3) is 5.66. The summed E-state index contributed by atoms with van der Waals surface area (Å²) in [6.45, 7) is 6.82. The molecule has 6 nitrogen and oxygen atoms in total. The number of nitrogens with one attached hydrogen (secondary N) is 2. The van der Waals surface area contributed by atoms with Gasteiger partial charge in [0, 0.05) is 19.2 Å². The fraction of sp³-hybridized carbons (Fsp3) is 0.692. The Morgan fingerprint density at radius 3 is 2.62 bits per heavy atom. The minimum absolute atomic E-state index is 0.171. The second-order valence-electron chi connectivity index (χ2n) is 5.77. The van der Waals surface area contributed by atoms with E-state index in [2.05, 4.69) is 15.7 Å². The van der Waals surface area contributed by atoms with Gasteiger partial charge in [-0.3, -0.25) is 10.00 Å². The topological polar surface area (TPSA) is 68.2 Å². The van der Waals surface area contributed by atoms with Crippen LogP contribution in [0.15, 0.2) is 6.20 Å². The number of ether oxygens (including phenoxy) is 1. The summed E-state index contributed by atoms with van der Waals surface area (Å²) in [5, 5.41) is 9.27. The van der Waals surface area contributed by atoms with Crippen LogP contribution in [-0.4, -0.2) is 33.9 Å². The predicted octanol–water partition coefficient (Wildman–Crippen LogP) is 2.51. The molecule has 1 amide bonds. The standard InChI is InChI=1S/C13H22F2N4O2/c1-8(10(14)15)16-6-9-7-17-19(5)11(9)18-12(20)21-13(2,3)4/h7-8,10,16H,6H2,1-5H3,(H,18,20). The van der Waals surface area contributed by atoms with Gasteiger partial charge in [0.15, 0.2) is 0 Å². The molecule has 0 saturated carbocycles. The Labute approximate surface area is 122 Å². The molecule has 0 spiro atoms. The highest BCUT2D eigenvalue weighted by atomic mass is 19.3. The first kappa shape index (κ1) is 17.4. The first-order valence-electron chi connectivity index (χ1n) is 6.62. The van der Waals surface area contributed by atoms with E-state index in [1.165, 1.54) is 17.8 Å². The van der Waals surface area contributed by atoms with Crippen LogP contribution >= 0.6 is 0 Å². The first-order chi connectivity index (χ1) is 9.60. The van der Waals surface area contributed by atoms with Gasteiger partial charge in [0.25, 0.3) is 6.43 Å². The van der Waals surface area contributed by atoms with Gasteiger partial charge in [0.05, 0.1) is 12.2 Å². The fourth-order valence-electron chi connectivity index (χ4n) is 1.53. The summed E-state index contributed by atoms with van der Waals surface area (Å²) in [4.78, 5) is 11.8. The van der Waals surface area contributed by atoms with Gasteiger partial charge in [0.2, 0.25) is 0 Å². The second kappa shape index (κ2) is 6.84. The van der Waals surface area contributed by atoms with Gasteiger partial charge < -0.3 is 10.1 Å². The van der Waals surface area contributed by atoms with Crippen LogP contribution in [0, 0.1) is 0 Å². The lowest BCUT2D eigenvalue weighted by Crippen LogP contribution is -2.32. The number of rotatable bonds is 5. The van der Waals surface area contributed by atoms with E-state index in [0.717, 1.165) is 0 Å². The Kier molecular flexibility index (Phi) is 5.65. The van der Waals surface area contributed by atoms with Crippen molar-refractivity contribution in [2.45, 2.75) is 52.3 Å². The van der Waals surface area contributed by atoms with E-state index in [1.807, 2.05) is 0 Å².